The maximum atomic E-state index is 11.0. The van der Waals surface area contributed by atoms with Crippen LogP contribution in [-0.4, -0.2) is 5.91 Å². The van der Waals surface area contributed by atoms with E-state index in [9.17, 15) is 4.79 Å². The molecule has 100 valence electrons. The van der Waals surface area contributed by atoms with Crippen LogP contribution in [0.4, 0.5) is 11.4 Å². The minimum Gasteiger partial charge on any atom is -0.381 e. The van der Waals surface area contributed by atoms with Crippen molar-refractivity contribution in [1.82, 2.24) is 0 Å². The molecule has 0 aliphatic carbocycles. The predicted molar refractivity (Wildman–Crippen MR) is 85.1 cm³/mol. The fourth-order valence-electron chi connectivity index (χ4n) is 1.56. The highest BCUT2D eigenvalue weighted by molar-refractivity contribution is 9.11. The molecule has 0 spiro atoms. The Morgan fingerprint density at radius 1 is 1.42 bits per heavy atom. The Morgan fingerprint density at radius 3 is 2.79 bits per heavy atom. The molecule has 2 N–H and O–H groups in total. The Labute approximate surface area is 129 Å². The summed E-state index contributed by atoms with van der Waals surface area (Å²) in [5, 5.41) is 8.57. The summed E-state index contributed by atoms with van der Waals surface area (Å²) in [6.07, 6.45) is 0. The molecule has 2 rings (SSSR count). The molecule has 6 heteroatoms. The van der Waals surface area contributed by atoms with E-state index in [0.717, 1.165) is 16.0 Å². The molecule has 0 fully saturated rings. The lowest BCUT2D eigenvalue weighted by molar-refractivity contribution is -0.114. The third kappa shape index (κ3) is 4.23. The number of hydrogen-bond acceptors (Lipinski definition) is 3. The molecule has 0 bridgehead atoms. The Hall–Kier alpha value is -1.04. The standard InChI is InChI=1S/C13H12BrClN2OS/c1-8(18)17-12-3-2-10(5-11(12)15)16-6-9-4-13(14)19-7-9/h2-5,7,16H,6H2,1H3,(H,17,18). The number of benzene rings is 1. The summed E-state index contributed by atoms with van der Waals surface area (Å²) < 4.78 is 1.11. The van der Waals surface area contributed by atoms with Crippen LogP contribution < -0.4 is 10.6 Å². The van der Waals surface area contributed by atoms with Crippen molar-refractivity contribution < 1.29 is 4.79 Å². The summed E-state index contributed by atoms with van der Waals surface area (Å²) in [6, 6.07) is 7.55. The summed E-state index contributed by atoms with van der Waals surface area (Å²) >= 11 is 11.2. The van der Waals surface area contributed by atoms with Gasteiger partial charge in [0.1, 0.15) is 0 Å². The summed E-state index contributed by atoms with van der Waals surface area (Å²) in [5.41, 5.74) is 2.75. The van der Waals surface area contributed by atoms with Crippen LogP contribution in [-0.2, 0) is 11.3 Å². The van der Waals surface area contributed by atoms with Gasteiger partial charge in [-0.15, -0.1) is 11.3 Å². The molecule has 0 atom stereocenters. The van der Waals surface area contributed by atoms with Crippen LogP contribution in [0, 0.1) is 0 Å². The van der Waals surface area contributed by atoms with Crippen LogP contribution in [0.25, 0.3) is 0 Å². The van der Waals surface area contributed by atoms with Gasteiger partial charge in [-0.05, 0) is 51.1 Å². The highest BCUT2D eigenvalue weighted by Gasteiger charge is 2.04. The van der Waals surface area contributed by atoms with Crippen molar-refractivity contribution in [2.75, 3.05) is 10.6 Å². The fourth-order valence-corrected chi connectivity index (χ4v) is 3.00. The van der Waals surface area contributed by atoms with E-state index in [2.05, 4.69) is 38.0 Å². The number of carbonyl (C=O) groups is 1. The Kier molecular flexibility index (Phi) is 4.85. The second kappa shape index (κ2) is 6.41. The predicted octanol–water partition coefficient (Wildman–Crippen LogP) is 4.73. The van der Waals surface area contributed by atoms with Crippen LogP contribution in [0.15, 0.2) is 33.4 Å². The van der Waals surface area contributed by atoms with E-state index in [1.807, 2.05) is 6.07 Å². The number of rotatable bonds is 4. The van der Waals surface area contributed by atoms with Crippen LogP contribution in [0.1, 0.15) is 12.5 Å². The van der Waals surface area contributed by atoms with Gasteiger partial charge < -0.3 is 10.6 Å². The van der Waals surface area contributed by atoms with Gasteiger partial charge in [0.2, 0.25) is 5.91 Å². The SMILES string of the molecule is CC(=O)Nc1ccc(NCc2csc(Br)c2)cc1Cl. The zero-order valence-electron chi connectivity index (χ0n) is 10.2. The van der Waals surface area contributed by atoms with Crippen molar-refractivity contribution >= 4 is 56.1 Å². The first kappa shape index (κ1) is 14.4. The third-order valence-electron chi connectivity index (χ3n) is 2.40. The van der Waals surface area contributed by atoms with Crippen molar-refractivity contribution in [2.45, 2.75) is 13.5 Å². The van der Waals surface area contributed by atoms with Gasteiger partial charge in [-0.2, -0.15) is 0 Å². The zero-order chi connectivity index (χ0) is 13.8. The summed E-state index contributed by atoms with van der Waals surface area (Å²) in [6.45, 7) is 2.19. The highest BCUT2D eigenvalue weighted by atomic mass is 79.9. The molecule has 0 aliphatic heterocycles. The second-order valence-corrected chi connectivity index (χ2v) is 6.69. The molecule has 0 saturated heterocycles. The first-order chi connectivity index (χ1) is 9.04. The minimum absolute atomic E-state index is 0.134. The first-order valence-corrected chi connectivity index (χ1v) is 7.63. The number of nitrogens with one attached hydrogen (secondary N) is 2. The smallest absolute Gasteiger partial charge is 0.221 e. The van der Waals surface area contributed by atoms with E-state index in [1.54, 1.807) is 23.5 Å². The molecule has 0 unspecified atom stereocenters. The molecule has 1 aromatic heterocycles. The monoisotopic (exact) mass is 358 g/mol. The van der Waals surface area contributed by atoms with E-state index in [1.165, 1.54) is 12.5 Å². The number of hydrogen-bond donors (Lipinski definition) is 2. The Morgan fingerprint density at radius 2 is 2.21 bits per heavy atom. The van der Waals surface area contributed by atoms with Crippen LogP contribution in [0.3, 0.4) is 0 Å². The molecule has 0 radical (unpaired) electrons. The number of thiophene rings is 1. The highest BCUT2D eigenvalue weighted by Crippen LogP contribution is 2.26. The normalized spacial score (nSPS) is 10.3. The lowest BCUT2D eigenvalue weighted by Gasteiger charge is -2.09. The van der Waals surface area contributed by atoms with Crippen LogP contribution in [0.5, 0.6) is 0 Å². The quantitative estimate of drug-likeness (QED) is 0.828. The second-order valence-electron chi connectivity index (χ2n) is 3.99. The van der Waals surface area contributed by atoms with Gasteiger partial charge in [-0.25, -0.2) is 0 Å². The van der Waals surface area contributed by atoms with E-state index < -0.39 is 0 Å². The first-order valence-electron chi connectivity index (χ1n) is 5.58. The van der Waals surface area contributed by atoms with E-state index in [0.29, 0.717) is 10.7 Å². The van der Waals surface area contributed by atoms with Gasteiger partial charge in [-0.3, -0.25) is 4.79 Å². The maximum Gasteiger partial charge on any atom is 0.221 e. The van der Waals surface area contributed by atoms with E-state index in [-0.39, 0.29) is 5.91 Å². The molecular formula is C13H12BrClN2OS. The van der Waals surface area contributed by atoms with Crippen LogP contribution >= 0.6 is 38.9 Å². The number of carbonyl (C=O) groups excluding carboxylic acids is 1. The average Bonchev–Trinajstić information content (AvgIpc) is 2.75. The maximum absolute atomic E-state index is 11.0. The van der Waals surface area contributed by atoms with Gasteiger partial charge in [0, 0.05) is 19.2 Å². The molecule has 0 aliphatic rings. The van der Waals surface area contributed by atoms with Gasteiger partial charge in [0.25, 0.3) is 0 Å². The molecule has 1 amide bonds. The Balaban J connectivity index is 2.01. The lowest BCUT2D eigenvalue weighted by Crippen LogP contribution is -2.06. The summed E-state index contributed by atoms with van der Waals surface area (Å²) in [4.78, 5) is 11.0. The number of amides is 1. The van der Waals surface area contributed by atoms with E-state index in [4.69, 9.17) is 11.6 Å². The summed E-state index contributed by atoms with van der Waals surface area (Å²) in [5.74, 6) is -0.134. The third-order valence-corrected chi connectivity index (χ3v) is 4.26. The topological polar surface area (TPSA) is 41.1 Å². The molecule has 0 saturated carbocycles. The van der Waals surface area contributed by atoms with Gasteiger partial charge >= 0.3 is 0 Å². The number of anilines is 2. The van der Waals surface area contributed by atoms with Crippen molar-refractivity contribution in [3.05, 3.63) is 44.0 Å². The molecule has 1 aromatic carbocycles. The summed E-state index contributed by atoms with van der Waals surface area (Å²) in [7, 11) is 0. The van der Waals surface area contributed by atoms with Crippen molar-refractivity contribution in [3.8, 4) is 0 Å². The van der Waals surface area contributed by atoms with Gasteiger partial charge in [0.15, 0.2) is 0 Å². The molecule has 2 aromatic rings. The van der Waals surface area contributed by atoms with Crippen LogP contribution in [0.2, 0.25) is 5.02 Å². The number of halogens is 2. The zero-order valence-corrected chi connectivity index (χ0v) is 13.3. The molecule has 1 heterocycles. The van der Waals surface area contributed by atoms with Crippen molar-refractivity contribution in [2.24, 2.45) is 0 Å². The molecule has 3 nitrogen and oxygen atoms in total. The van der Waals surface area contributed by atoms with Gasteiger partial charge in [-0.1, -0.05) is 11.6 Å². The largest absolute Gasteiger partial charge is 0.381 e. The Bertz CT molecular complexity index is 600. The lowest BCUT2D eigenvalue weighted by atomic mass is 10.2. The van der Waals surface area contributed by atoms with E-state index >= 15 is 0 Å². The van der Waals surface area contributed by atoms with Crippen molar-refractivity contribution in [3.63, 3.8) is 0 Å². The molecular weight excluding hydrogens is 348 g/mol. The fraction of sp³-hybridized carbons (Fsp3) is 0.154. The van der Waals surface area contributed by atoms with Gasteiger partial charge in [0.05, 0.1) is 14.5 Å². The minimum atomic E-state index is -0.134. The molecule has 19 heavy (non-hydrogen) atoms. The average molecular weight is 360 g/mol. The van der Waals surface area contributed by atoms with Crippen molar-refractivity contribution in [1.29, 1.82) is 0 Å².